The van der Waals surface area contributed by atoms with Gasteiger partial charge in [-0.15, -0.1) is 0 Å². The van der Waals surface area contributed by atoms with Crippen molar-refractivity contribution in [2.75, 3.05) is 44.0 Å². The molecule has 0 saturated carbocycles. The van der Waals surface area contributed by atoms with Gasteiger partial charge in [0.2, 0.25) is 0 Å². The Morgan fingerprint density at radius 2 is 2.16 bits per heavy atom. The summed E-state index contributed by atoms with van der Waals surface area (Å²) in [6.45, 7) is 4.95. The lowest BCUT2D eigenvalue weighted by molar-refractivity contribution is 0.120. The molecule has 1 aliphatic rings. The van der Waals surface area contributed by atoms with Crippen molar-refractivity contribution in [1.29, 1.82) is 0 Å². The number of hydrogen-bond acceptors (Lipinski definition) is 6. The van der Waals surface area contributed by atoms with Crippen LogP contribution < -0.4 is 10.6 Å². The molecule has 0 aromatic carbocycles. The molecule has 0 amide bonds. The van der Waals surface area contributed by atoms with E-state index in [9.17, 15) is 0 Å². The van der Waals surface area contributed by atoms with Gasteiger partial charge in [0.15, 0.2) is 0 Å². The molecule has 6 nitrogen and oxygen atoms in total. The third kappa shape index (κ3) is 4.65. The smallest absolute Gasteiger partial charge is 0.131 e. The fourth-order valence-corrected chi connectivity index (χ4v) is 2.05. The predicted octanol–water partition coefficient (Wildman–Crippen LogP) is 1.43. The monoisotopic (exact) mass is 266 g/mol. The summed E-state index contributed by atoms with van der Waals surface area (Å²) in [6, 6.07) is 1.91. The molecule has 0 aliphatic carbocycles. The summed E-state index contributed by atoms with van der Waals surface area (Å²) in [7, 11) is 1.68. The van der Waals surface area contributed by atoms with E-state index < -0.39 is 0 Å². The van der Waals surface area contributed by atoms with Crippen molar-refractivity contribution in [2.45, 2.75) is 25.9 Å². The number of ether oxygens (including phenoxy) is 2. The lowest BCUT2D eigenvalue weighted by Gasteiger charge is -2.13. The van der Waals surface area contributed by atoms with Crippen molar-refractivity contribution >= 4 is 11.6 Å². The topological polar surface area (TPSA) is 68.3 Å². The molecular formula is C13H22N4O2. The van der Waals surface area contributed by atoms with Gasteiger partial charge in [0.1, 0.15) is 17.5 Å². The highest BCUT2D eigenvalue weighted by Crippen LogP contribution is 2.15. The molecule has 1 aromatic rings. The van der Waals surface area contributed by atoms with E-state index in [1.165, 1.54) is 0 Å². The van der Waals surface area contributed by atoms with E-state index in [0.717, 1.165) is 50.0 Å². The van der Waals surface area contributed by atoms with Crippen LogP contribution in [-0.4, -0.2) is 49.5 Å². The lowest BCUT2D eigenvalue weighted by Crippen LogP contribution is -2.19. The molecule has 0 bridgehead atoms. The van der Waals surface area contributed by atoms with Crippen LogP contribution in [0.5, 0.6) is 0 Å². The van der Waals surface area contributed by atoms with Gasteiger partial charge >= 0.3 is 0 Å². The van der Waals surface area contributed by atoms with Gasteiger partial charge < -0.3 is 20.1 Å². The van der Waals surface area contributed by atoms with E-state index in [1.54, 1.807) is 7.11 Å². The second-order valence-corrected chi connectivity index (χ2v) is 4.62. The second kappa shape index (κ2) is 7.25. The maximum atomic E-state index is 5.58. The summed E-state index contributed by atoms with van der Waals surface area (Å²) in [6.07, 6.45) is 2.58. The quantitative estimate of drug-likeness (QED) is 0.728. The maximum absolute atomic E-state index is 5.58. The molecule has 2 rings (SSSR count). The Morgan fingerprint density at radius 3 is 2.84 bits per heavy atom. The Morgan fingerprint density at radius 1 is 1.37 bits per heavy atom. The van der Waals surface area contributed by atoms with Crippen molar-refractivity contribution < 1.29 is 9.47 Å². The average molecular weight is 266 g/mol. The summed E-state index contributed by atoms with van der Waals surface area (Å²) < 4.78 is 10.6. The zero-order valence-electron chi connectivity index (χ0n) is 11.6. The number of aromatic nitrogens is 2. The van der Waals surface area contributed by atoms with Crippen LogP contribution in [0.15, 0.2) is 6.07 Å². The third-order valence-electron chi connectivity index (χ3n) is 2.99. The number of aryl methyl sites for hydroxylation is 1. The average Bonchev–Trinajstić information content (AvgIpc) is 2.89. The molecule has 0 spiro atoms. The Bertz CT molecular complexity index is 394. The predicted molar refractivity (Wildman–Crippen MR) is 74.6 cm³/mol. The number of methoxy groups -OCH3 is 1. The van der Waals surface area contributed by atoms with Crippen molar-refractivity contribution in [3.8, 4) is 0 Å². The molecule has 1 saturated heterocycles. The highest BCUT2D eigenvalue weighted by atomic mass is 16.5. The third-order valence-corrected chi connectivity index (χ3v) is 2.99. The first-order valence-corrected chi connectivity index (χ1v) is 6.72. The van der Waals surface area contributed by atoms with Gasteiger partial charge in [-0.25, -0.2) is 9.97 Å². The summed E-state index contributed by atoms with van der Waals surface area (Å²) in [5.74, 6) is 2.40. The zero-order valence-corrected chi connectivity index (χ0v) is 11.6. The first-order chi connectivity index (χ1) is 9.28. The Kier molecular flexibility index (Phi) is 5.35. The number of nitrogens with zero attached hydrogens (tertiary/aromatic N) is 2. The van der Waals surface area contributed by atoms with E-state index in [1.807, 2.05) is 13.0 Å². The molecule has 0 radical (unpaired) electrons. The molecule has 1 aromatic heterocycles. The van der Waals surface area contributed by atoms with Crippen molar-refractivity contribution in [3.05, 3.63) is 11.9 Å². The second-order valence-electron chi connectivity index (χ2n) is 4.62. The normalized spacial score (nSPS) is 18.5. The van der Waals surface area contributed by atoms with Crippen molar-refractivity contribution in [3.63, 3.8) is 0 Å². The van der Waals surface area contributed by atoms with Crippen LogP contribution >= 0.6 is 0 Å². The first-order valence-electron chi connectivity index (χ1n) is 6.72. The van der Waals surface area contributed by atoms with Gasteiger partial charge in [0, 0.05) is 32.9 Å². The molecule has 106 valence electrons. The van der Waals surface area contributed by atoms with Gasteiger partial charge in [0.05, 0.1) is 12.7 Å². The van der Waals surface area contributed by atoms with Crippen LogP contribution in [0, 0.1) is 6.92 Å². The molecule has 2 N–H and O–H groups in total. The SMILES string of the molecule is COCCNc1cc(NCC2CCCO2)nc(C)n1. The van der Waals surface area contributed by atoms with E-state index in [2.05, 4.69) is 20.6 Å². The maximum Gasteiger partial charge on any atom is 0.131 e. The number of nitrogens with one attached hydrogen (secondary N) is 2. The minimum atomic E-state index is 0.306. The summed E-state index contributed by atoms with van der Waals surface area (Å²) in [5, 5.41) is 6.52. The highest BCUT2D eigenvalue weighted by molar-refractivity contribution is 5.47. The molecule has 1 fully saturated rings. The van der Waals surface area contributed by atoms with Crippen LogP contribution in [0.25, 0.3) is 0 Å². The van der Waals surface area contributed by atoms with Crippen LogP contribution in [0.1, 0.15) is 18.7 Å². The summed E-state index contributed by atoms with van der Waals surface area (Å²) in [4.78, 5) is 8.71. The van der Waals surface area contributed by atoms with Gasteiger partial charge in [-0.05, 0) is 19.8 Å². The standard InChI is InChI=1S/C13H22N4O2/c1-10-16-12(14-5-7-18-2)8-13(17-10)15-9-11-4-3-6-19-11/h8,11H,3-7,9H2,1-2H3,(H2,14,15,16,17). The van der Waals surface area contributed by atoms with E-state index in [4.69, 9.17) is 9.47 Å². The number of rotatable bonds is 7. The lowest BCUT2D eigenvalue weighted by atomic mass is 10.2. The van der Waals surface area contributed by atoms with Crippen LogP contribution in [0.3, 0.4) is 0 Å². The fourth-order valence-electron chi connectivity index (χ4n) is 2.05. The molecule has 2 heterocycles. The van der Waals surface area contributed by atoms with Gasteiger partial charge in [-0.2, -0.15) is 0 Å². The van der Waals surface area contributed by atoms with Gasteiger partial charge in [-0.3, -0.25) is 0 Å². The van der Waals surface area contributed by atoms with Gasteiger partial charge in [-0.1, -0.05) is 0 Å². The summed E-state index contributed by atoms with van der Waals surface area (Å²) >= 11 is 0. The van der Waals surface area contributed by atoms with Crippen LogP contribution in [-0.2, 0) is 9.47 Å². The molecular weight excluding hydrogens is 244 g/mol. The van der Waals surface area contributed by atoms with Crippen molar-refractivity contribution in [2.24, 2.45) is 0 Å². The fraction of sp³-hybridized carbons (Fsp3) is 0.692. The van der Waals surface area contributed by atoms with Gasteiger partial charge in [0.25, 0.3) is 0 Å². The minimum Gasteiger partial charge on any atom is -0.383 e. The Labute approximate surface area is 113 Å². The Balaban J connectivity index is 1.87. The van der Waals surface area contributed by atoms with E-state index >= 15 is 0 Å². The van der Waals surface area contributed by atoms with E-state index in [0.29, 0.717) is 12.7 Å². The molecule has 1 unspecified atom stereocenters. The highest BCUT2D eigenvalue weighted by Gasteiger charge is 2.15. The number of hydrogen-bond donors (Lipinski definition) is 2. The molecule has 6 heteroatoms. The Hall–Kier alpha value is -1.40. The molecule has 19 heavy (non-hydrogen) atoms. The minimum absolute atomic E-state index is 0.306. The largest absolute Gasteiger partial charge is 0.383 e. The first kappa shape index (κ1) is 14.0. The number of anilines is 2. The van der Waals surface area contributed by atoms with Crippen LogP contribution in [0.4, 0.5) is 11.6 Å². The molecule has 1 aliphatic heterocycles. The molecule has 1 atom stereocenters. The summed E-state index contributed by atoms with van der Waals surface area (Å²) in [5.41, 5.74) is 0. The van der Waals surface area contributed by atoms with Crippen LogP contribution in [0.2, 0.25) is 0 Å². The van der Waals surface area contributed by atoms with Crippen molar-refractivity contribution in [1.82, 2.24) is 9.97 Å². The zero-order chi connectivity index (χ0) is 13.5. The van der Waals surface area contributed by atoms with E-state index in [-0.39, 0.29) is 0 Å².